The van der Waals surface area contributed by atoms with Crippen molar-refractivity contribution in [2.45, 2.75) is 12.8 Å². The molecule has 3 rings (SSSR count). The molecule has 0 bridgehead atoms. The van der Waals surface area contributed by atoms with Crippen LogP contribution in [0.2, 0.25) is 0 Å². The Labute approximate surface area is 96.1 Å². The third-order valence-electron chi connectivity index (χ3n) is 2.86. The van der Waals surface area contributed by atoms with E-state index >= 15 is 0 Å². The van der Waals surface area contributed by atoms with E-state index in [1.165, 1.54) is 6.33 Å². The lowest BCUT2D eigenvalue weighted by Crippen LogP contribution is -2.19. The monoisotopic (exact) mass is 234 g/mol. The van der Waals surface area contributed by atoms with E-state index in [9.17, 15) is 4.79 Å². The van der Waals surface area contributed by atoms with E-state index < -0.39 is 5.97 Å². The van der Waals surface area contributed by atoms with E-state index in [2.05, 4.69) is 15.1 Å². The van der Waals surface area contributed by atoms with Crippen molar-refractivity contribution in [2.75, 3.05) is 18.0 Å². The van der Waals surface area contributed by atoms with Crippen LogP contribution in [0.25, 0.3) is 11.1 Å². The molecule has 1 N–H and O–H groups in total. The maximum Gasteiger partial charge on any atom is 0.358 e. The van der Waals surface area contributed by atoms with Crippen molar-refractivity contribution < 1.29 is 14.4 Å². The van der Waals surface area contributed by atoms with E-state index in [0.717, 1.165) is 25.9 Å². The van der Waals surface area contributed by atoms with Crippen molar-refractivity contribution >= 4 is 22.9 Å². The van der Waals surface area contributed by atoms with Gasteiger partial charge in [-0.05, 0) is 12.8 Å². The van der Waals surface area contributed by atoms with Crippen LogP contribution in [0, 0.1) is 0 Å². The molecule has 0 unspecified atom stereocenters. The second kappa shape index (κ2) is 3.69. The second-order valence-corrected chi connectivity index (χ2v) is 3.91. The molecule has 0 aliphatic carbocycles. The highest BCUT2D eigenvalue weighted by Gasteiger charge is 2.24. The average molecular weight is 234 g/mol. The van der Waals surface area contributed by atoms with Crippen molar-refractivity contribution in [1.82, 2.24) is 15.1 Å². The molecule has 88 valence electrons. The maximum atomic E-state index is 11.0. The molecule has 2 aromatic heterocycles. The second-order valence-electron chi connectivity index (χ2n) is 3.91. The molecule has 0 saturated carbocycles. The van der Waals surface area contributed by atoms with Gasteiger partial charge >= 0.3 is 5.97 Å². The van der Waals surface area contributed by atoms with Gasteiger partial charge in [-0.1, -0.05) is 5.16 Å². The number of fused-ring (bicyclic) bond motifs is 1. The normalized spacial score (nSPS) is 15.6. The SMILES string of the molecule is O=C(O)c1noc2ncnc(N3CCCC3)c12. The molecule has 0 atom stereocenters. The van der Waals surface area contributed by atoms with Crippen LogP contribution in [0.15, 0.2) is 10.9 Å². The first kappa shape index (κ1) is 10.0. The number of nitrogens with zero attached hydrogens (tertiary/aromatic N) is 4. The number of carbonyl (C=O) groups is 1. The molecule has 0 aromatic carbocycles. The minimum atomic E-state index is -1.13. The molecular formula is C10H10N4O3. The molecule has 0 spiro atoms. The number of carboxylic acids is 1. The van der Waals surface area contributed by atoms with Crippen LogP contribution in [0.5, 0.6) is 0 Å². The van der Waals surface area contributed by atoms with Gasteiger partial charge in [-0.2, -0.15) is 4.98 Å². The minimum Gasteiger partial charge on any atom is -0.476 e. The van der Waals surface area contributed by atoms with E-state index in [-0.39, 0.29) is 11.4 Å². The number of aromatic nitrogens is 3. The largest absolute Gasteiger partial charge is 0.476 e. The lowest BCUT2D eigenvalue weighted by Gasteiger charge is -2.16. The van der Waals surface area contributed by atoms with Crippen LogP contribution in [-0.4, -0.2) is 39.3 Å². The van der Waals surface area contributed by atoms with Gasteiger partial charge in [0.05, 0.1) is 0 Å². The van der Waals surface area contributed by atoms with Gasteiger partial charge in [-0.3, -0.25) is 0 Å². The van der Waals surface area contributed by atoms with Crippen LogP contribution in [-0.2, 0) is 0 Å². The highest BCUT2D eigenvalue weighted by Crippen LogP contribution is 2.28. The zero-order chi connectivity index (χ0) is 11.8. The van der Waals surface area contributed by atoms with Gasteiger partial charge < -0.3 is 14.5 Å². The summed E-state index contributed by atoms with van der Waals surface area (Å²) >= 11 is 0. The third kappa shape index (κ3) is 1.50. The molecule has 7 nitrogen and oxygen atoms in total. The predicted octanol–water partition coefficient (Wildman–Crippen LogP) is 0.916. The Hall–Kier alpha value is -2.18. The smallest absolute Gasteiger partial charge is 0.358 e. The van der Waals surface area contributed by atoms with Gasteiger partial charge in [-0.15, -0.1) is 0 Å². The number of hydrogen-bond acceptors (Lipinski definition) is 6. The summed E-state index contributed by atoms with van der Waals surface area (Å²) in [7, 11) is 0. The summed E-state index contributed by atoms with van der Waals surface area (Å²) in [6, 6.07) is 0. The summed E-state index contributed by atoms with van der Waals surface area (Å²) < 4.78 is 4.90. The van der Waals surface area contributed by atoms with Crippen molar-refractivity contribution in [2.24, 2.45) is 0 Å². The highest BCUT2D eigenvalue weighted by molar-refractivity contribution is 6.03. The van der Waals surface area contributed by atoms with Gasteiger partial charge in [0, 0.05) is 13.1 Å². The molecule has 2 aromatic rings. The van der Waals surface area contributed by atoms with Crippen LogP contribution in [0.3, 0.4) is 0 Å². The summed E-state index contributed by atoms with van der Waals surface area (Å²) in [5.41, 5.74) is 0.0989. The molecule has 3 heterocycles. The molecule has 0 radical (unpaired) electrons. The van der Waals surface area contributed by atoms with Gasteiger partial charge in [0.15, 0.2) is 0 Å². The average Bonchev–Trinajstić information content (AvgIpc) is 2.97. The topological polar surface area (TPSA) is 92.3 Å². The van der Waals surface area contributed by atoms with Crippen LogP contribution >= 0.6 is 0 Å². The first-order valence-electron chi connectivity index (χ1n) is 5.36. The number of anilines is 1. The van der Waals surface area contributed by atoms with Gasteiger partial charge in [0.2, 0.25) is 5.69 Å². The first-order valence-corrected chi connectivity index (χ1v) is 5.36. The van der Waals surface area contributed by atoms with Crippen LogP contribution in [0.1, 0.15) is 23.3 Å². The minimum absolute atomic E-state index is 0.123. The van der Waals surface area contributed by atoms with Gasteiger partial charge in [0.25, 0.3) is 5.71 Å². The van der Waals surface area contributed by atoms with Gasteiger partial charge in [-0.25, -0.2) is 9.78 Å². The Balaban J connectivity index is 2.22. The Kier molecular flexibility index (Phi) is 2.17. The van der Waals surface area contributed by atoms with Crippen LogP contribution < -0.4 is 4.90 Å². The van der Waals surface area contributed by atoms with Crippen molar-refractivity contribution in [3.8, 4) is 0 Å². The Bertz CT molecular complexity index is 574. The summed E-state index contributed by atoms with van der Waals surface area (Å²) in [4.78, 5) is 21.1. The first-order chi connectivity index (χ1) is 8.27. The molecule has 7 heteroatoms. The highest BCUT2D eigenvalue weighted by atomic mass is 16.5. The molecule has 0 amide bonds. The molecule has 1 aliphatic rings. The number of hydrogen-bond donors (Lipinski definition) is 1. The lowest BCUT2D eigenvalue weighted by atomic mass is 10.2. The van der Waals surface area contributed by atoms with E-state index in [0.29, 0.717) is 11.2 Å². The van der Waals surface area contributed by atoms with Gasteiger partial charge in [0.1, 0.15) is 17.5 Å². The van der Waals surface area contributed by atoms with E-state index in [4.69, 9.17) is 9.63 Å². The molecular weight excluding hydrogens is 224 g/mol. The Morgan fingerprint density at radius 2 is 2.12 bits per heavy atom. The Morgan fingerprint density at radius 1 is 1.35 bits per heavy atom. The summed E-state index contributed by atoms with van der Waals surface area (Å²) in [6.45, 7) is 1.74. The fraction of sp³-hybridized carbons (Fsp3) is 0.400. The summed E-state index contributed by atoms with van der Waals surface area (Å²) in [5.74, 6) is -0.523. The fourth-order valence-electron chi connectivity index (χ4n) is 2.09. The summed E-state index contributed by atoms with van der Waals surface area (Å²) in [5, 5.41) is 13.0. The third-order valence-corrected chi connectivity index (χ3v) is 2.86. The zero-order valence-electron chi connectivity index (χ0n) is 8.96. The Morgan fingerprint density at radius 3 is 2.82 bits per heavy atom. The molecule has 1 fully saturated rings. The summed E-state index contributed by atoms with van der Waals surface area (Å²) in [6.07, 6.45) is 3.53. The quantitative estimate of drug-likeness (QED) is 0.825. The van der Waals surface area contributed by atoms with E-state index in [1.54, 1.807) is 0 Å². The molecule has 1 aliphatic heterocycles. The lowest BCUT2D eigenvalue weighted by molar-refractivity contribution is 0.0688. The van der Waals surface area contributed by atoms with Crippen molar-refractivity contribution in [1.29, 1.82) is 0 Å². The van der Waals surface area contributed by atoms with Crippen molar-refractivity contribution in [3.63, 3.8) is 0 Å². The number of carboxylic acid groups (broad SMARTS) is 1. The number of aromatic carboxylic acids is 1. The molecule has 1 saturated heterocycles. The predicted molar refractivity (Wildman–Crippen MR) is 58.0 cm³/mol. The maximum absolute atomic E-state index is 11.0. The standard InChI is InChI=1S/C10H10N4O3/c15-10(16)7-6-8(14-3-1-2-4-14)11-5-12-9(6)17-13-7/h5H,1-4H2,(H,15,16). The molecule has 17 heavy (non-hydrogen) atoms. The number of rotatable bonds is 2. The van der Waals surface area contributed by atoms with E-state index in [1.807, 2.05) is 4.90 Å². The zero-order valence-corrected chi connectivity index (χ0v) is 8.96. The van der Waals surface area contributed by atoms with Crippen LogP contribution in [0.4, 0.5) is 5.82 Å². The van der Waals surface area contributed by atoms with Crippen molar-refractivity contribution in [3.05, 3.63) is 12.0 Å². The fourth-order valence-corrected chi connectivity index (χ4v) is 2.09.